The van der Waals surface area contributed by atoms with Crippen LogP contribution in [0.25, 0.3) is 11.3 Å². The van der Waals surface area contributed by atoms with Crippen molar-refractivity contribution in [3.63, 3.8) is 0 Å². The largest absolute Gasteiger partial charge is 0.240 e. The van der Waals surface area contributed by atoms with Gasteiger partial charge in [-0.1, -0.05) is 0 Å². The summed E-state index contributed by atoms with van der Waals surface area (Å²) >= 11 is 5.56. The summed E-state index contributed by atoms with van der Waals surface area (Å²) in [5.74, 6) is -0.531. The van der Waals surface area contributed by atoms with E-state index in [1.165, 1.54) is 12.3 Å². The molecule has 1 aromatic carbocycles. The third-order valence-electron chi connectivity index (χ3n) is 2.03. The molecule has 0 N–H and O–H groups in total. The lowest BCUT2D eigenvalue weighted by atomic mass is 10.1. The zero-order chi connectivity index (χ0) is 11.5. The van der Waals surface area contributed by atoms with E-state index in [-0.39, 0.29) is 11.4 Å². The molecule has 0 radical (unpaired) electrons. The van der Waals surface area contributed by atoms with Gasteiger partial charge in [0.15, 0.2) is 0 Å². The molecule has 0 aliphatic rings. The molecule has 0 aliphatic heterocycles. The van der Waals surface area contributed by atoms with E-state index in [1.807, 2.05) is 0 Å². The lowest BCUT2D eigenvalue weighted by molar-refractivity contribution is 0.602. The zero-order valence-corrected chi connectivity index (χ0v) is 8.88. The molecule has 0 aliphatic carbocycles. The van der Waals surface area contributed by atoms with E-state index in [2.05, 4.69) is 9.97 Å². The summed E-state index contributed by atoms with van der Waals surface area (Å²) in [6, 6.07) is 4.72. The van der Waals surface area contributed by atoms with E-state index < -0.39 is 11.6 Å². The second-order valence-electron chi connectivity index (χ2n) is 3.12. The van der Waals surface area contributed by atoms with Gasteiger partial charge in [-0.05, 0) is 24.3 Å². The highest BCUT2D eigenvalue weighted by Gasteiger charge is 2.08. The van der Waals surface area contributed by atoms with Crippen LogP contribution in [-0.2, 0) is 5.88 Å². The summed E-state index contributed by atoms with van der Waals surface area (Å²) in [5.41, 5.74) is 0.427. The first-order valence-electron chi connectivity index (χ1n) is 4.54. The van der Waals surface area contributed by atoms with Gasteiger partial charge in [-0.25, -0.2) is 18.7 Å². The van der Waals surface area contributed by atoms with Crippen molar-refractivity contribution >= 4 is 11.6 Å². The van der Waals surface area contributed by atoms with E-state index in [1.54, 1.807) is 0 Å². The van der Waals surface area contributed by atoms with Crippen molar-refractivity contribution in [2.45, 2.75) is 5.88 Å². The summed E-state index contributed by atoms with van der Waals surface area (Å²) in [7, 11) is 0. The van der Waals surface area contributed by atoms with Crippen molar-refractivity contribution < 1.29 is 8.78 Å². The summed E-state index contributed by atoms with van der Waals surface area (Å²) in [6.45, 7) is 0. The maximum Gasteiger partial charge on any atom is 0.143 e. The Hall–Kier alpha value is -1.55. The minimum absolute atomic E-state index is 0.105. The molecule has 0 saturated carbocycles. The van der Waals surface area contributed by atoms with Crippen LogP contribution in [0.4, 0.5) is 8.78 Å². The standard InChI is InChI=1S/C11H7ClF2N2/c12-6-11-15-4-3-10(16-11)8-5-7(13)1-2-9(8)14/h1-5H,6H2. The number of hydrogen-bond acceptors (Lipinski definition) is 2. The Morgan fingerprint density at radius 2 is 2.00 bits per heavy atom. The maximum atomic E-state index is 13.4. The van der Waals surface area contributed by atoms with Crippen LogP contribution in [0.2, 0.25) is 0 Å². The van der Waals surface area contributed by atoms with Gasteiger partial charge < -0.3 is 0 Å². The van der Waals surface area contributed by atoms with Crippen LogP contribution in [0.5, 0.6) is 0 Å². The van der Waals surface area contributed by atoms with Crippen LogP contribution < -0.4 is 0 Å². The first-order valence-corrected chi connectivity index (χ1v) is 5.07. The lowest BCUT2D eigenvalue weighted by Gasteiger charge is -2.03. The molecular weight excluding hydrogens is 234 g/mol. The number of hydrogen-bond donors (Lipinski definition) is 0. The van der Waals surface area contributed by atoms with Crippen molar-refractivity contribution in [1.82, 2.24) is 9.97 Å². The van der Waals surface area contributed by atoms with Gasteiger partial charge in [-0.3, -0.25) is 0 Å². The molecule has 16 heavy (non-hydrogen) atoms. The predicted molar refractivity (Wildman–Crippen MR) is 56.9 cm³/mol. The maximum absolute atomic E-state index is 13.4. The molecule has 0 bridgehead atoms. The number of alkyl halides is 1. The monoisotopic (exact) mass is 240 g/mol. The van der Waals surface area contributed by atoms with Crippen LogP contribution >= 0.6 is 11.6 Å². The number of nitrogens with zero attached hydrogens (tertiary/aromatic N) is 2. The summed E-state index contributed by atoms with van der Waals surface area (Å²) in [4.78, 5) is 7.89. The smallest absolute Gasteiger partial charge is 0.143 e. The Balaban J connectivity index is 2.53. The van der Waals surface area contributed by atoms with Gasteiger partial charge in [0.2, 0.25) is 0 Å². The molecule has 1 aromatic heterocycles. The molecule has 0 spiro atoms. The van der Waals surface area contributed by atoms with Gasteiger partial charge in [0.1, 0.15) is 17.5 Å². The van der Waals surface area contributed by atoms with Gasteiger partial charge in [0, 0.05) is 11.8 Å². The quantitative estimate of drug-likeness (QED) is 0.754. The molecule has 2 aromatic rings. The minimum Gasteiger partial charge on any atom is -0.240 e. The molecule has 0 atom stereocenters. The summed E-state index contributed by atoms with van der Waals surface area (Å²) in [5, 5.41) is 0. The van der Waals surface area contributed by atoms with Gasteiger partial charge >= 0.3 is 0 Å². The molecule has 82 valence electrons. The number of benzene rings is 1. The van der Waals surface area contributed by atoms with E-state index in [4.69, 9.17) is 11.6 Å². The van der Waals surface area contributed by atoms with Crippen LogP contribution in [0.1, 0.15) is 5.82 Å². The number of halogens is 3. The van der Waals surface area contributed by atoms with Gasteiger partial charge in [0.05, 0.1) is 11.6 Å². The molecule has 2 nitrogen and oxygen atoms in total. The topological polar surface area (TPSA) is 25.8 Å². The van der Waals surface area contributed by atoms with Crippen molar-refractivity contribution in [3.05, 3.63) is 47.9 Å². The molecule has 1 heterocycles. The molecule has 5 heteroatoms. The molecule has 0 amide bonds. The highest BCUT2D eigenvalue weighted by atomic mass is 35.5. The normalized spacial score (nSPS) is 10.4. The van der Waals surface area contributed by atoms with Crippen molar-refractivity contribution in [1.29, 1.82) is 0 Å². The Morgan fingerprint density at radius 1 is 1.19 bits per heavy atom. The van der Waals surface area contributed by atoms with E-state index in [9.17, 15) is 8.78 Å². The molecule has 0 saturated heterocycles. The Labute approximate surface area is 95.9 Å². The fourth-order valence-electron chi connectivity index (χ4n) is 1.31. The highest BCUT2D eigenvalue weighted by molar-refractivity contribution is 6.16. The van der Waals surface area contributed by atoms with E-state index >= 15 is 0 Å². The Kier molecular flexibility index (Phi) is 3.10. The predicted octanol–water partition coefficient (Wildman–Crippen LogP) is 3.16. The van der Waals surface area contributed by atoms with Crippen molar-refractivity contribution in [2.24, 2.45) is 0 Å². The van der Waals surface area contributed by atoms with Crippen LogP contribution in [-0.4, -0.2) is 9.97 Å². The van der Waals surface area contributed by atoms with Crippen molar-refractivity contribution in [2.75, 3.05) is 0 Å². The number of aromatic nitrogens is 2. The molecule has 0 fully saturated rings. The third kappa shape index (κ3) is 2.17. The molecule has 2 rings (SSSR count). The van der Waals surface area contributed by atoms with E-state index in [0.717, 1.165) is 18.2 Å². The lowest BCUT2D eigenvalue weighted by Crippen LogP contribution is -1.95. The fourth-order valence-corrected chi connectivity index (χ4v) is 1.44. The average Bonchev–Trinajstić information content (AvgIpc) is 2.32. The summed E-state index contributed by atoms with van der Waals surface area (Å²) < 4.78 is 26.4. The molecular formula is C11H7ClF2N2. The van der Waals surface area contributed by atoms with Gasteiger partial charge in [-0.2, -0.15) is 0 Å². The second-order valence-corrected chi connectivity index (χ2v) is 3.38. The fraction of sp³-hybridized carbons (Fsp3) is 0.0909. The average molecular weight is 241 g/mol. The third-order valence-corrected chi connectivity index (χ3v) is 2.27. The SMILES string of the molecule is Fc1ccc(F)c(-c2ccnc(CCl)n2)c1. The minimum atomic E-state index is -0.527. The van der Waals surface area contributed by atoms with Crippen LogP contribution in [0, 0.1) is 11.6 Å². The Morgan fingerprint density at radius 3 is 2.75 bits per heavy atom. The highest BCUT2D eigenvalue weighted by Crippen LogP contribution is 2.21. The second kappa shape index (κ2) is 4.53. The van der Waals surface area contributed by atoms with E-state index in [0.29, 0.717) is 11.5 Å². The molecule has 0 unspecified atom stereocenters. The van der Waals surface area contributed by atoms with Gasteiger partial charge in [-0.15, -0.1) is 11.6 Å². The van der Waals surface area contributed by atoms with Crippen LogP contribution in [0.15, 0.2) is 30.5 Å². The first kappa shape index (κ1) is 11.0. The zero-order valence-electron chi connectivity index (χ0n) is 8.12. The summed E-state index contributed by atoms with van der Waals surface area (Å²) in [6.07, 6.45) is 1.46. The first-order chi connectivity index (χ1) is 7.70. The van der Waals surface area contributed by atoms with Crippen molar-refractivity contribution in [3.8, 4) is 11.3 Å². The number of rotatable bonds is 2. The Bertz CT molecular complexity index is 517. The van der Waals surface area contributed by atoms with Gasteiger partial charge in [0.25, 0.3) is 0 Å². The van der Waals surface area contributed by atoms with Crippen LogP contribution in [0.3, 0.4) is 0 Å².